The van der Waals surface area contributed by atoms with Crippen molar-refractivity contribution < 1.29 is 4.74 Å². The van der Waals surface area contributed by atoms with Gasteiger partial charge in [-0.1, -0.05) is 0 Å². The first-order valence-corrected chi connectivity index (χ1v) is 6.98. The molecule has 0 saturated heterocycles. The number of nitrogens with two attached hydrogens (primary N) is 1. The molecule has 0 bridgehead atoms. The standard InChI is InChI=1S/C14H18N2OS/c1-10(2)17-13-5-3-11(4-6-13)14-16-12(7-8-15)9-18-14/h3-6,9-10H,7-8,15H2,1-2H3. The molecule has 3 nitrogen and oxygen atoms in total. The van der Waals surface area contributed by atoms with Crippen LogP contribution in [0.2, 0.25) is 0 Å². The van der Waals surface area contributed by atoms with Crippen LogP contribution in [-0.4, -0.2) is 17.6 Å². The van der Waals surface area contributed by atoms with Crippen LogP contribution in [0.25, 0.3) is 10.6 Å². The molecule has 0 radical (unpaired) electrons. The molecule has 0 unspecified atom stereocenters. The smallest absolute Gasteiger partial charge is 0.123 e. The van der Waals surface area contributed by atoms with E-state index in [0.29, 0.717) is 6.54 Å². The highest BCUT2D eigenvalue weighted by Gasteiger charge is 2.05. The number of aromatic nitrogens is 1. The lowest BCUT2D eigenvalue weighted by Crippen LogP contribution is -2.05. The molecular weight excluding hydrogens is 244 g/mol. The van der Waals surface area contributed by atoms with E-state index in [-0.39, 0.29) is 6.10 Å². The van der Waals surface area contributed by atoms with Crippen molar-refractivity contribution in [2.24, 2.45) is 5.73 Å². The Bertz CT molecular complexity index is 491. The van der Waals surface area contributed by atoms with Gasteiger partial charge in [0.25, 0.3) is 0 Å². The summed E-state index contributed by atoms with van der Waals surface area (Å²) in [6.07, 6.45) is 1.04. The van der Waals surface area contributed by atoms with Crippen molar-refractivity contribution in [3.8, 4) is 16.3 Å². The summed E-state index contributed by atoms with van der Waals surface area (Å²) < 4.78 is 5.62. The van der Waals surface area contributed by atoms with E-state index < -0.39 is 0 Å². The van der Waals surface area contributed by atoms with E-state index in [9.17, 15) is 0 Å². The molecule has 1 heterocycles. The highest BCUT2D eigenvalue weighted by atomic mass is 32.1. The summed E-state index contributed by atoms with van der Waals surface area (Å²) in [6, 6.07) is 8.06. The van der Waals surface area contributed by atoms with Gasteiger partial charge in [0.1, 0.15) is 10.8 Å². The molecule has 96 valence electrons. The minimum atomic E-state index is 0.201. The van der Waals surface area contributed by atoms with E-state index in [1.165, 1.54) is 0 Å². The molecule has 0 saturated carbocycles. The summed E-state index contributed by atoms with van der Waals surface area (Å²) in [4.78, 5) is 4.56. The highest BCUT2D eigenvalue weighted by molar-refractivity contribution is 7.13. The van der Waals surface area contributed by atoms with Gasteiger partial charge in [0.2, 0.25) is 0 Å². The second-order valence-corrected chi connectivity index (χ2v) is 5.23. The Morgan fingerprint density at radius 1 is 1.28 bits per heavy atom. The van der Waals surface area contributed by atoms with Gasteiger partial charge in [-0.3, -0.25) is 0 Å². The molecule has 0 aliphatic rings. The van der Waals surface area contributed by atoms with Crippen LogP contribution in [0.5, 0.6) is 5.75 Å². The molecule has 2 N–H and O–H groups in total. The molecule has 4 heteroatoms. The zero-order chi connectivity index (χ0) is 13.0. The lowest BCUT2D eigenvalue weighted by Gasteiger charge is -2.09. The third-order valence-corrected chi connectivity index (χ3v) is 3.37. The second-order valence-electron chi connectivity index (χ2n) is 4.37. The van der Waals surface area contributed by atoms with Crippen LogP contribution in [0.4, 0.5) is 0 Å². The van der Waals surface area contributed by atoms with Crippen molar-refractivity contribution in [1.29, 1.82) is 0 Å². The van der Waals surface area contributed by atoms with Crippen molar-refractivity contribution in [2.45, 2.75) is 26.4 Å². The number of rotatable bonds is 5. The van der Waals surface area contributed by atoms with E-state index in [1.54, 1.807) is 11.3 Å². The van der Waals surface area contributed by atoms with Crippen molar-refractivity contribution in [3.05, 3.63) is 35.3 Å². The van der Waals surface area contributed by atoms with E-state index >= 15 is 0 Å². The van der Waals surface area contributed by atoms with Crippen LogP contribution in [0.1, 0.15) is 19.5 Å². The Morgan fingerprint density at radius 2 is 2.00 bits per heavy atom. The maximum absolute atomic E-state index is 5.62. The molecule has 0 aliphatic carbocycles. The average Bonchev–Trinajstić information content (AvgIpc) is 2.78. The minimum absolute atomic E-state index is 0.201. The van der Waals surface area contributed by atoms with Gasteiger partial charge >= 0.3 is 0 Å². The molecule has 0 atom stereocenters. The summed E-state index contributed by atoms with van der Waals surface area (Å²) in [6.45, 7) is 4.69. The number of hydrogen-bond acceptors (Lipinski definition) is 4. The number of benzene rings is 1. The van der Waals surface area contributed by atoms with Crippen LogP contribution in [0, 0.1) is 0 Å². The van der Waals surface area contributed by atoms with Gasteiger partial charge in [0.15, 0.2) is 0 Å². The molecular formula is C14H18N2OS. The fraction of sp³-hybridized carbons (Fsp3) is 0.357. The van der Waals surface area contributed by atoms with Gasteiger partial charge in [-0.25, -0.2) is 4.98 Å². The Labute approximate surface area is 112 Å². The number of nitrogens with zero attached hydrogens (tertiary/aromatic N) is 1. The fourth-order valence-corrected chi connectivity index (χ4v) is 2.51. The predicted molar refractivity (Wildman–Crippen MR) is 76.1 cm³/mol. The van der Waals surface area contributed by atoms with Gasteiger partial charge in [0.05, 0.1) is 11.8 Å². The number of hydrogen-bond donors (Lipinski definition) is 1. The van der Waals surface area contributed by atoms with Gasteiger partial charge in [-0.05, 0) is 44.7 Å². The molecule has 18 heavy (non-hydrogen) atoms. The van der Waals surface area contributed by atoms with Crippen molar-refractivity contribution in [3.63, 3.8) is 0 Å². The topological polar surface area (TPSA) is 48.1 Å². The zero-order valence-corrected chi connectivity index (χ0v) is 11.5. The largest absolute Gasteiger partial charge is 0.491 e. The summed E-state index contributed by atoms with van der Waals surface area (Å²) in [5, 5.41) is 3.11. The van der Waals surface area contributed by atoms with Crippen LogP contribution < -0.4 is 10.5 Å². The zero-order valence-electron chi connectivity index (χ0n) is 10.7. The van der Waals surface area contributed by atoms with Gasteiger partial charge in [-0.15, -0.1) is 11.3 Å². The van der Waals surface area contributed by atoms with Crippen molar-refractivity contribution in [2.75, 3.05) is 6.54 Å². The highest BCUT2D eigenvalue weighted by Crippen LogP contribution is 2.26. The fourth-order valence-electron chi connectivity index (χ4n) is 1.65. The first-order valence-electron chi connectivity index (χ1n) is 6.10. The van der Waals surface area contributed by atoms with Gasteiger partial charge in [0, 0.05) is 17.4 Å². The van der Waals surface area contributed by atoms with E-state index in [1.807, 2.05) is 38.1 Å². The van der Waals surface area contributed by atoms with E-state index in [2.05, 4.69) is 10.4 Å². The summed E-state index contributed by atoms with van der Waals surface area (Å²) in [5.74, 6) is 0.896. The second kappa shape index (κ2) is 5.98. The van der Waals surface area contributed by atoms with Crippen LogP contribution >= 0.6 is 11.3 Å². The van der Waals surface area contributed by atoms with E-state index in [4.69, 9.17) is 10.5 Å². The normalized spacial score (nSPS) is 10.9. The summed E-state index contributed by atoms with van der Waals surface area (Å²) in [7, 11) is 0. The molecule has 0 fully saturated rings. The number of thiazole rings is 1. The van der Waals surface area contributed by atoms with Crippen molar-refractivity contribution in [1.82, 2.24) is 4.98 Å². The summed E-state index contributed by atoms with van der Waals surface area (Å²) >= 11 is 1.65. The summed E-state index contributed by atoms with van der Waals surface area (Å²) in [5.41, 5.74) is 7.72. The monoisotopic (exact) mass is 262 g/mol. The third-order valence-electron chi connectivity index (χ3n) is 2.43. The predicted octanol–water partition coefficient (Wildman–Crippen LogP) is 3.10. The Kier molecular flexibility index (Phi) is 4.33. The Hall–Kier alpha value is -1.39. The molecule has 1 aromatic carbocycles. The molecule has 0 spiro atoms. The maximum Gasteiger partial charge on any atom is 0.123 e. The first-order chi connectivity index (χ1) is 8.69. The molecule has 2 aromatic rings. The Morgan fingerprint density at radius 3 is 2.61 bits per heavy atom. The molecule has 0 aliphatic heterocycles. The lowest BCUT2D eigenvalue weighted by atomic mass is 10.2. The third kappa shape index (κ3) is 3.31. The quantitative estimate of drug-likeness (QED) is 0.900. The molecule has 2 rings (SSSR count). The minimum Gasteiger partial charge on any atom is -0.491 e. The SMILES string of the molecule is CC(C)Oc1ccc(-c2nc(CCN)cs2)cc1. The number of ether oxygens (including phenoxy) is 1. The van der Waals surface area contributed by atoms with E-state index in [0.717, 1.165) is 28.4 Å². The van der Waals surface area contributed by atoms with Gasteiger partial charge < -0.3 is 10.5 Å². The van der Waals surface area contributed by atoms with Crippen LogP contribution in [-0.2, 0) is 6.42 Å². The lowest BCUT2D eigenvalue weighted by molar-refractivity contribution is 0.242. The van der Waals surface area contributed by atoms with Crippen molar-refractivity contribution >= 4 is 11.3 Å². The molecule has 1 aromatic heterocycles. The Balaban J connectivity index is 2.12. The maximum atomic E-state index is 5.62. The molecule has 0 amide bonds. The van der Waals surface area contributed by atoms with Crippen LogP contribution in [0.3, 0.4) is 0 Å². The van der Waals surface area contributed by atoms with Gasteiger partial charge in [-0.2, -0.15) is 0 Å². The first kappa shape index (κ1) is 13.1. The van der Waals surface area contributed by atoms with Crippen LogP contribution in [0.15, 0.2) is 29.6 Å². The average molecular weight is 262 g/mol.